The number of fused-ring (bicyclic) bond motifs is 1. The summed E-state index contributed by atoms with van der Waals surface area (Å²) in [5, 5.41) is 0. The van der Waals surface area contributed by atoms with Crippen molar-refractivity contribution in [2.75, 3.05) is 31.1 Å². The van der Waals surface area contributed by atoms with Gasteiger partial charge in [0.2, 0.25) is 11.8 Å². The van der Waals surface area contributed by atoms with E-state index in [9.17, 15) is 9.59 Å². The van der Waals surface area contributed by atoms with Crippen LogP contribution in [0.4, 0.5) is 5.69 Å². The number of nitrogens with two attached hydrogens (primary N) is 1. The number of carbonyl (C=O) groups is 2. The number of para-hydroxylation sites is 1. The van der Waals surface area contributed by atoms with Crippen molar-refractivity contribution in [2.24, 2.45) is 5.73 Å². The number of benzene rings is 1. The fraction of sp³-hybridized carbons (Fsp3) is 0.500. The summed E-state index contributed by atoms with van der Waals surface area (Å²) in [7, 11) is 0. The highest BCUT2D eigenvalue weighted by Crippen LogP contribution is 2.37. The van der Waals surface area contributed by atoms with Gasteiger partial charge in [0.05, 0.1) is 6.54 Å². The van der Waals surface area contributed by atoms with Crippen molar-refractivity contribution in [3.05, 3.63) is 29.8 Å². The van der Waals surface area contributed by atoms with Gasteiger partial charge in [-0.2, -0.15) is 0 Å². The van der Waals surface area contributed by atoms with E-state index in [2.05, 4.69) is 6.07 Å². The lowest BCUT2D eigenvalue weighted by molar-refractivity contribution is -0.127. The number of hydrogen-bond donors (Lipinski definition) is 1. The molecule has 0 spiro atoms. The molecule has 0 unspecified atom stereocenters. The molecule has 2 N–H and O–H groups in total. The zero-order valence-electron chi connectivity index (χ0n) is 12.1. The highest BCUT2D eigenvalue weighted by Gasteiger charge is 2.30. The predicted molar refractivity (Wildman–Crippen MR) is 81.0 cm³/mol. The maximum Gasteiger partial charge on any atom is 0.236 e. The standard InChI is InChI=1S/C16H21N3O2/c17-15(20)11-19-10-12(13-4-1-2-5-14(13)19)7-9-18-8-3-6-16(18)21/h1-2,4-5,12H,3,6-11H2,(H2,17,20)/t12-/m0/s1. The van der Waals surface area contributed by atoms with E-state index in [0.717, 1.165) is 38.2 Å². The fourth-order valence-corrected chi connectivity index (χ4v) is 3.42. The first-order valence-corrected chi connectivity index (χ1v) is 7.55. The van der Waals surface area contributed by atoms with Crippen molar-refractivity contribution < 1.29 is 9.59 Å². The molecule has 5 heteroatoms. The van der Waals surface area contributed by atoms with Crippen molar-refractivity contribution in [3.8, 4) is 0 Å². The van der Waals surface area contributed by atoms with Crippen molar-refractivity contribution >= 4 is 17.5 Å². The molecule has 2 aliphatic rings. The average molecular weight is 287 g/mol. The average Bonchev–Trinajstić information content (AvgIpc) is 3.01. The highest BCUT2D eigenvalue weighted by atomic mass is 16.2. The van der Waals surface area contributed by atoms with Crippen molar-refractivity contribution in [1.29, 1.82) is 0 Å². The van der Waals surface area contributed by atoms with Gasteiger partial charge < -0.3 is 15.5 Å². The molecule has 0 aromatic heterocycles. The molecular formula is C16H21N3O2. The Morgan fingerprint density at radius 3 is 2.81 bits per heavy atom. The lowest BCUT2D eigenvalue weighted by Gasteiger charge is -2.20. The molecule has 0 aliphatic carbocycles. The normalized spacial score (nSPS) is 21.0. The van der Waals surface area contributed by atoms with E-state index in [4.69, 9.17) is 5.73 Å². The molecule has 112 valence electrons. The second-order valence-electron chi connectivity index (χ2n) is 5.88. The zero-order valence-corrected chi connectivity index (χ0v) is 12.1. The molecule has 0 saturated carbocycles. The minimum atomic E-state index is -0.305. The van der Waals surface area contributed by atoms with Crippen LogP contribution in [0.25, 0.3) is 0 Å². The minimum absolute atomic E-state index is 0.260. The Balaban J connectivity index is 1.69. The summed E-state index contributed by atoms with van der Waals surface area (Å²) in [4.78, 5) is 26.9. The Bertz CT molecular complexity index is 558. The van der Waals surface area contributed by atoms with E-state index in [1.54, 1.807) is 0 Å². The van der Waals surface area contributed by atoms with E-state index >= 15 is 0 Å². The molecule has 21 heavy (non-hydrogen) atoms. The molecule has 1 atom stereocenters. The second kappa shape index (κ2) is 5.76. The number of anilines is 1. The summed E-state index contributed by atoms with van der Waals surface area (Å²) in [6.07, 6.45) is 2.61. The summed E-state index contributed by atoms with van der Waals surface area (Å²) in [6.45, 7) is 2.76. The Morgan fingerprint density at radius 2 is 2.10 bits per heavy atom. The largest absolute Gasteiger partial charge is 0.368 e. The van der Waals surface area contributed by atoms with E-state index in [0.29, 0.717) is 12.3 Å². The highest BCUT2D eigenvalue weighted by molar-refractivity contribution is 5.81. The molecule has 1 fully saturated rings. The Labute approximate surface area is 124 Å². The third-order valence-electron chi connectivity index (χ3n) is 4.42. The molecule has 2 heterocycles. The summed E-state index contributed by atoms with van der Waals surface area (Å²) in [5.41, 5.74) is 7.71. The number of likely N-dealkylation sites (tertiary alicyclic amines) is 1. The van der Waals surface area contributed by atoms with Crippen LogP contribution in [0.1, 0.15) is 30.7 Å². The van der Waals surface area contributed by atoms with Crippen LogP contribution in [0.2, 0.25) is 0 Å². The van der Waals surface area contributed by atoms with Crippen LogP contribution in [0, 0.1) is 0 Å². The summed E-state index contributed by atoms with van der Waals surface area (Å²) < 4.78 is 0. The van der Waals surface area contributed by atoms with Crippen LogP contribution < -0.4 is 10.6 Å². The van der Waals surface area contributed by atoms with E-state index in [1.807, 2.05) is 28.0 Å². The van der Waals surface area contributed by atoms with Gasteiger partial charge in [-0.3, -0.25) is 9.59 Å². The Morgan fingerprint density at radius 1 is 1.29 bits per heavy atom. The second-order valence-corrected chi connectivity index (χ2v) is 5.88. The lowest BCUT2D eigenvalue weighted by Crippen LogP contribution is -2.33. The maximum absolute atomic E-state index is 11.7. The summed E-state index contributed by atoms with van der Waals surface area (Å²) in [5.74, 6) is 0.337. The number of primary amides is 1. The van der Waals surface area contributed by atoms with Crippen molar-refractivity contribution in [3.63, 3.8) is 0 Å². The Hall–Kier alpha value is -2.04. The van der Waals surface area contributed by atoms with Crippen LogP contribution in [0.3, 0.4) is 0 Å². The molecule has 2 amide bonds. The van der Waals surface area contributed by atoms with Crippen LogP contribution in [-0.4, -0.2) is 42.9 Å². The van der Waals surface area contributed by atoms with Gasteiger partial charge in [-0.15, -0.1) is 0 Å². The molecule has 3 rings (SSSR count). The van der Waals surface area contributed by atoms with Gasteiger partial charge in [-0.25, -0.2) is 0 Å². The topological polar surface area (TPSA) is 66.6 Å². The number of amides is 2. The lowest BCUT2D eigenvalue weighted by atomic mass is 9.98. The number of hydrogen-bond acceptors (Lipinski definition) is 3. The third-order valence-corrected chi connectivity index (χ3v) is 4.42. The summed E-state index contributed by atoms with van der Waals surface area (Å²) in [6, 6.07) is 8.17. The number of carbonyl (C=O) groups excluding carboxylic acids is 2. The van der Waals surface area contributed by atoms with Crippen molar-refractivity contribution in [2.45, 2.75) is 25.2 Å². The van der Waals surface area contributed by atoms with Gasteiger partial charge in [-0.1, -0.05) is 18.2 Å². The molecule has 1 saturated heterocycles. The van der Waals surface area contributed by atoms with Crippen LogP contribution >= 0.6 is 0 Å². The van der Waals surface area contributed by atoms with Crippen LogP contribution in [0.5, 0.6) is 0 Å². The molecule has 1 aromatic rings. The van der Waals surface area contributed by atoms with E-state index in [-0.39, 0.29) is 18.4 Å². The Kier molecular flexibility index (Phi) is 3.82. The third kappa shape index (κ3) is 2.86. The van der Waals surface area contributed by atoms with Gasteiger partial charge in [0.1, 0.15) is 0 Å². The molecule has 1 aromatic carbocycles. The van der Waals surface area contributed by atoms with Crippen molar-refractivity contribution in [1.82, 2.24) is 4.90 Å². The predicted octanol–water partition coefficient (Wildman–Crippen LogP) is 1.09. The first kappa shape index (κ1) is 13.9. The first-order valence-electron chi connectivity index (χ1n) is 7.55. The molecule has 5 nitrogen and oxygen atoms in total. The van der Waals surface area contributed by atoms with Gasteiger partial charge in [0, 0.05) is 37.7 Å². The monoisotopic (exact) mass is 287 g/mol. The quantitative estimate of drug-likeness (QED) is 0.881. The van der Waals surface area contributed by atoms with Gasteiger partial charge in [0.15, 0.2) is 0 Å². The molecule has 0 bridgehead atoms. The smallest absolute Gasteiger partial charge is 0.236 e. The van der Waals surface area contributed by atoms with E-state index in [1.165, 1.54) is 5.56 Å². The van der Waals surface area contributed by atoms with Gasteiger partial charge in [-0.05, 0) is 24.5 Å². The molecule has 0 radical (unpaired) electrons. The number of nitrogens with zero attached hydrogens (tertiary/aromatic N) is 2. The molecular weight excluding hydrogens is 266 g/mol. The fourth-order valence-electron chi connectivity index (χ4n) is 3.42. The van der Waals surface area contributed by atoms with Crippen LogP contribution in [0.15, 0.2) is 24.3 Å². The minimum Gasteiger partial charge on any atom is -0.368 e. The summed E-state index contributed by atoms with van der Waals surface area (Å²) >= 11 is 0. The number of rotatable bonds is 5. The first-order chi connectivity index (χ1) is 10.1. The SMILES string of the molecule is NC(=O)CN1C[C@H](CCN2CCCC2=O)c2ccccc21. The zero-order chi connectivity index (χ0) is 14.8. The van der Waals surface area contributed by atoms with E-state index < -0.39 is 0 Å². The van der Waals surface area contributed by atoms with Gasteiger partial charge in [0.25, 0.3) is 0 Å². The maximum atomic E-state index is 11.7. The van der Waals surface area contributed by atoms with Crippen LogP contribution in [-0.2, 0) is 9.59 Å². The molecule has 2 aliphatic heterocycles. The van der Waals surface area contributed by atoms with Gasteiger partial charge >= 0.3 is 0 Å².